The summed E-state index contributed by atoms with van der Waals surface area (Å²) in [6.07, 6.45) is 0. The van der Waals surface area contributed by atoms with Gasteiger partial charge in [-0.15, -0.1) is 0 Å². The van der Waals surface area contributed by atoms with Crippen LogP contribution in [0.5, 0.6) is 0 Å². The standard InChI is InChI=1S/C6H2I3/c7-4-1-5(8)3-6(9)2-4/h1-2H. The molecule has 0 aromatic heterocycles. The lowest BCUT2D eigenvalue weighted by Gasteiger charge is -1.92. The highest BCUT2D eigenvalue weighted by molar-refractivity contribution is 14.1. The monoisotopic (exact) mass is 455 g/mol. The van der Waals surface area contributed by atoms with E-state index in [0.717, 1.165) is 0 Å². The number of hydrogen-bond acceptors (Lipinski definition) is 0. The summed E-state index contributed by atoms with van der Waals surface area (Å²) in [4.78, 5) is 0. The van der Waals surface area contributed by atoms with Gasteiger partial charge in [-0.3, -0.25) is 0 Å². The van der Waals surface area contributed by atoms with Crippen LogP contribution in [0, 0.1) is 16.8 Å². The molecule has 1 radical (unpaired) electrons. The zero-order chi connectivity index (χ0) is 6.85. The number of rotatable bonds is 0. The van der Waals surface area contributed by atoms with Gasteiger partial charge in [-0.05, 0) is 79.9 Å². The van der Waals surface area contributed by atoms with Gasteiger partial charge in [-0.25, -0.2) is 0 Å². The molecule has 0 saturated heterocycles. The van der Waals surface area contributed by atoms with Crippen molar-refractivity contribution in [2.24, 2.45) is 0 Å². The molecule has 0 atom stereocenters. The molecule has 0 aliphatic carbocycles. The smallest absolute Gasteiger partial charge is 0.0230 e. The maximum Gasteiger partial charge on any atom is 0.0230 e. The van der Waals surface area contributed by atoms with Crippen LogP contribution in [0.3, 0.4) is 0 Å². The molecule has 3 heteroatoms. The van der Waals surface area contributed by atoms with Crippen molar-refractivity contribution in [2.75, 3.05) is 0 Å². The number of hydrogen-bond donors (Lipinski definition) is 0. The van der Waals surface area contributed by atoms with E-state index < -0.39 is 0 Å². The third-order valence-corrected chi connectivity index (χ3v) is 2.55. The van der Waals surface area contributed by atoms with Crippen molar-refractivity contribution in [3.8, 4) is 0 Å². The van der Waals surface area contributed by atoms with Crippen LogP contribution in [0.1, 0.15) is 0 Å². The first-order valence-corrected chi connectivity index (χ1v) is 5.46. The molecule has 0 bridgehead atoms. The Hall–Kier alpha value is 1.41. The van der Waals surface area contributed by atoms with E-state index in [1.807, 2.05) is 0 Å². The van der Waals surface area contributed by atoms with Gasteiger partial charge >= 0.3 is 0 Å². The van der Waals surface area contributed by atoms with E-state index >= 15 is 0 Å². The zero-order valence-corrected chi connectivity index (χ0v) is 10.8. The van der Waals surface area contributed by atoms with Crippen molar-refractivity contribution in [1.29, 1.82) is 0 Å². The second kappa shape index (κ2) is 3.70. The topological polar surface area (TPSA) is 0 Å². The SMILES string of the molecule is Ic1[c]c(I)cc(I)c1. The molecule has 47 valence electrons. The summed E-state index contributed by atoms with van der Waals surface area (Å²) in [6, 6.07) is 7.38. The Morgan fingerprint density at radius 2 is 1.44 bits per heavy atom. The molecule has 1 aromatic carbocycles. The van der Waals surface area contributed by atoms with Crippen molar-refractivity contribution in [1.82, 2.24) is 0 Å². The lowest BCUT2D eigenvalue weighted by Crippen LogP contribution is -1.77. The second-order valence-corrected chi connectivity index (χ2v) is 5.06. The summed E-state index contributed by atoms with van der Waals surface area (Å²) in [5.41, 5.74) is 0. The van der Waals surface area contributed by atoms with Crippen molar-refractivity contribution < 1.29 is 0 Å². The van der Waals surface area contributed by atoms with Gasteiger partial charge < -0.3 is 0 Å². The molecule has 0 aliphatic rings. The molecule has 0 aliphatic heterocycles. The Morgan fingerprint density at radius 1 is 1.00 bits per heavy atom. The average molecular weight is 455 g/mol. The van der Waals surface area contributed by atoms with Gasteiger partial charge in [-0.1, -0.05) is 0 Å². The van der Waals surface area contributed by atoms with E-state index in [9.17, 15) is 0 Å². The van der Waals surface area contributed by atoms with Crippen LogP contribution in [0.25, 0.3) is 0 Å². The Kier molecular flexibility index (Phi) is 3.50. The lowest BCUT2D eigenvalue weighted by atomic mass is 10.4. The molecule has 0 nitrogen and oxygen atoms in total. The van der Waals surface area contributed by atoms with Gasteiger partial charge in [0, 0.05) is 16.8 Å². The normalized spacial score (nSPS) is 9.67. The largest absolute Gasteiger partial charge is 0.0442 e. The summed E-state index contributed by atoms with van der Waals surface area (Å²) in [6.45, 7) is 0. The summed E-state index contributed by atoms with van der Waals surface area (Å²) in [5, 5.41) is 0. The maximum absolute atomic E-state index is 3.18. The van der Waals surface area contributed by atoms with Gasteiger partial charge in [0.25, 0.3) is 0 Å². The van der Waals surface area contributed by atoms with Gasteiger partial charge in [0.15, 0.2) is 0 Å². The molecule has 0 fully saturated rings. The highest BCUT2D eigenvalue weighted by Gasteiger charge is 1.92. The van der Waals surface area contributed by atoms with Gasteiger partial charge in [0.1, 0.15) is 0 Å². The molecule has 1 rings (SSSR count). The minimum absolute atomic E-state index is 1.18. The minimum atomic E-state index is 1.18. The highest BCUT2D eigenvalue weighted by Crippen LogP contribution is 2.14. The van der Waals surface area contributed by atoms with Gasteiger partial charge in [0.2, 0.25) is 0 Å². The maximum atomic E-state index is 3.18. The van der Waals surface area contributed by atoms with E-state index in [-0.39, 0.29) is 0 Å². The summed E-state index contributed by atoms with van der Waals surface area (Å²) in [7, 11) is 0. The first-order valence-electron chi connectivity index (χ1n) is 2.22. The fourth-order valence-corrected chi connectivity index (χ4v) is 4.05. The molecule has 0 spiro atoms. The first-order chi connectivity index (χ1) is 4.18. The predicted octanol–water partition coefficient (Wildman–Crippen LogP) is 3.30. The first kappa shape index (κ1) is 8.51. The highest BCUT2D eigenvalue weighted by atomic mass is 127. The quantitative estimate of drug-likeness (QED) is 0.528. The molecule has 0 heterocycles. The van der Waals surface area contributed by atoms with E-state index in [2.05, 4.69) is 86.0 Å². The zero-order valence-electron chi connectivity index (χ0n) is 4.29. The molecule has 9 heavy (non-hydrogen) atoms. The van der Waals surface area contributed by atoms with Crippen molar-refractivity contribution >= 4 is 67.8 Å². The second-order valence-electron chi connectivity index (χ2n) is 1.49. The van der Waals surface area contributed by atoms with Crippen LogP contribution >= 0.6 is 67.8 Å². The summed E-state index contributed by atoms with van der Waals surface area (Å²) >= 11 is 6.83. The van der Waals surface area contributed by atoms with E-state index in [1.165, 1.54) is 10.7 Å². The third kappa shape index (κ3) is 2.87. The van der Waals surface area contributed by atoms with Crippen LogP contribution in [0.15, 0.2) is 12.1 Å². The summed E-state index contributed by atoms with van der Waals surface area (Å²) in [5.74, 6) is 0. The number of benzene rings is 1. The lowest BCUT2D eigenvalue weighted by molar-refractivity contribution is 1.53. The third-order valence-electron chi connectivity index (χ3n) is 0.768. The summed E-state index contributed by atoms with van der Waals surface area (Å²) < 4.78 is 3.65. The van der Waals surface area contributed by atoms with E-state index in [1.54, 1.807) is 0 Å². The van der Waals surface area contributed by atoms with E-state index in [4.69, 9.17) is 0 Å². The van der Waals surface area contributed by atoms with Crippen LogP contribution < -0.4 is 0 Å². The Bertz CT molecular complexity index is 169. The Labute approximate surface area is 95.2 Å². The van der Waals surface area contributed by atoms with Crippen LogP contribution in [-0.4, -0.2) is 0 Å². The molecular weight excluding hydrogens is 453 g/mol. The average Bonchev–Trinajstić information content (AvgIpc) is 1.59. The molecule has 0 unspecified atom stereocenters. The predicted molar refractivity (Wildman–Crippen MR) is 63.4 cm³/mol. The fourth-order valence-electron chi connectivity index (χ4n) is 0.470. The molecule has 1 aromatic rings. The molecule has 0 saturated carbocycles. The Balaban J connectivity index is 3.17. The van der Waals surface area contributed by atoms with Crippen molar-refractivity contribution in [3.63, 3.8) is 0 Å². The Morgan fingerprint density at radius 3 is 1.78 bits per heavy atom. The van der Waals surface area contributed by atoms with Crippen LogP contribution in [0.2, 0.25) is 0 Å². The number of halogens is 3. The van der Waals surface area contributed by atoms with Crippen LogP contribution in [-0.2, 0) is 0 Å². The van der Waals surface area contributed by atoms with Gasteiger partial charge in [0.05, 0.1) is 0 Å². The minimum Gasteiger partial charge on any atom is -0.0442 e. The molecule has 0 amide bonds. The van der Waals surface area contributed by atoms with Crippen molar-refractivity contribution in [3.05, 3.63) is 28.9 Å². The van der Waals surface area contributed by atoms with Crippen molar-refractivity contribution in [2.45, 2.75) is 0 Å². The van der Waals surface area contributed by atoms with Gasteiger partial charge in [-0.2, -0.15) is 0 Å². The molecule has 0 N–H and O–H groups in total. The van der Waals surface area contributed by atoms with Crippen LogP contribution in [0.4, 0.5) is 0 Å². The fraction of sp³-hybridized carbons (Fsp3) is 0. The molecular formula is C6H2I3. The van der Waals surface area contributed by atoms with E-state index in [0.29, 0.717) is 0 Å².